The van der Waals surface area contributed by atoms with E-state index in [2.05, 4.69) is 5.16 Å². The van der Waals surface area contributed by atoms with E-state index in [0.717, 1.165) is 5.57 Å². The van der Waals surface area contributed by atoms with Gasteiger partial charge >= 0.3 is 0 Å². The van der Waals surface area contributed by atoms with Crippen molar-refractivity contribution in [2.45, 2.75) is 13.8 Å². The SMILES string of the molecule is C/C=C(C)\C=N/O. The Labute approximate surface area is 43.2 Å². The molecule has 0 saturated heterocycles. The lowest BCUT2D eigenvalue weighted by Crippen LogP contribution is -1.72. The maximum absolute atomic E-state index is 7.90. The molecule has 0 aliphatic carbocycles. The third kappa shape index (κ3) is 3.03. The van der Waals surface area contributed by atoms with Crippen LogP contribution >= 0.6 is 0 Å². The van der Waals surface area contributed by atoms with Gasteiger partial charge in [0.1, 0.15) is 0 Å². The molecule has 2 heteroatoms. The van der Waals surface area contributed by atoms with Gasteiger partial charge in [0.2, 0.25) is 0 Å². The number of hydrogen-bond acceptors (Lipinski definition) is 2. The number of rotatable bonds is 1. The molecule has 0 aliphatic heterocycles. The van der Waals surface area contributed by atoms with Gasteiger partial charge in [-0.15, -0.1) is 0 Å². The highest BCUT2D eigenvalue weighted by Gasteiger charge is 1.72. The van der Waals surface area contributed by atoms with Crippen LogP contribution in [-0.4, -0.2) is 11.4 Å². The lowest BCUT2D eigenvalue weighted by Gasteiger charge is -1.79. The highest BCUT2D eigenvalue weighted by atomic mass is 16.4. The number of oxime groups is 1. The Hall–Kier alpha value is -0.790. The molecule has 0 amide bonds. The molecule has 1 N–H and O–H groups in total. The van der Waals surface area contributed by atoms with Gasteiger partial charge in [-0.05, 0) is 19.4 Å². The number of hydrogen-bond donors (Lipinski definition) is 1. The Kier molecular flexibility index (Phi) is 3.02. The Balaban J connectivity index is 3.58. The van der Waals surface area contributed by atoms with Crippen LogP contribution in [0.5, 0.6) is 0 Å². The Morgan fingerprint density at radius 2 is 2.29 bits per heavy atom. The van der Waals surface area contributed by atoms with Crippen molar-refractivity contribution < 1.29 is 5.21 Å². The molecule has 0 atom stereocenters. The summed E-state index contributed by atoms with van der Waals surface area (Å²) in [5, 5.41) is 10.7. The van der Waals surface area contributed by atoms with Gasteiger partial charge in [0.05, 0.1) is 6.21 Å². The van der Waals surface area contributed by atoms with Crippen molar-refractivity contribution >= 4 is 6.21 Å². The first-order valence-electron chi connectivity index (χ1n) is 2.11. The normalized spacial score (nSPS) is 13.1. The van der Waals surface area contributed by atoms with E-state index in [1.807, 2.05) is 19.9 Å². The molecule has 2 nitrogen and oxygen atoms in total. The van der Waals surface area contributed by atoms with E-state index >= 15 is 0 Å². The van der Waals surface area contributed by atoms with E-state index in [-0.39, 0.29) is 0 Å². The van der Waals surface area contributed by atoms with E-state index in [1.165, 1.54) is 6.21 Å². The van der Waals surface area contributed by atoms with Gasteiger partial charge in [-0.25, -0.2) is 0 Å². The van der Waals surface area contributed by atoms with Crippen LogP contribution in [0.1, 0.15) is 13.8 Å². The highest BCUT2D eigenvalue weighted by Crippen LogP contribution is 1.82. The van der Waals surface area contributed by atoms with Crippen LogP contribution in [-0.2, 0) is 0 Å². The molecule has 40 valence electrons. The first-order chi connectivity index (χ1) is 3.31. The average molecular weight is 99.1 g/mol. The van der Waals surface area contributed by atoms with Crippen molar-refractivity contribution in [3.8, 4) is 0 Å². The van der Waals surface area contributed by atoms with Gasteiger partial charge < -0.3 is 5.21 Å². The molecule has 0 aliphatic rings. The van der Waals surface area contributed by atoms with Crippen LogP contribution in [0.25, 0.3) is 0 Å². The molecule has 0 aromatic heterocycles. The van der Waals surface area contributed by atoms with Crippen molar-refractivity contribution in [1.82, 2.24) is 0 Å². The van der Waals surface area contributed by atoms with Crippen LogP contribution < -0.4 is 0 Å². The summed E-state index contributed by atoms with van der Waals surface area (Å²) in [6.45, 7) is 3.75. The van der Waals surface area contributed by atoms with Crippen LogP contribution in [0, 0.1) is 0 Å². The quantitative estimate of drug-likeness (QED) is 0.301. The highest BCUT2D eigenvalue weighted by molar-refractivity contribution is 5.76. The minimum atomic E-state index is 0.961. The largest absolute Gasteiger partial charge is 0.411 e. The second kappa shape index (κ2) is 3.40. The standard InChI is InChI=1S/C5H9NO/c1-3-5(2)4-6-7/h3-4,7H,1-2H3/b5-3-,6-4-. The lowest BCUT2D eigenvalue weighted by atomic mass is 10.3. The van der Waals surface area contributed by atoms with E-state index in [1.54, 1.807) is 0 Å². The zero-order valence-electron chi connectivity index (χ0n) is 4.55. The summed E-state index contributed by atoms with van der Waals surface area (Å²) in [6, 6.07) is 0. The zero-order valence-corrected chi connectivity index (χ0v) is 4.55. The second-order valence-electron chi connectivity index (χ2n) is 1.28. The third-order valence-electron chi connectivity index (χ3n) is 0.717. The molecule has 0 radical (unpaired) electrons. The number of nitrogens with zero attached hydrogens (tertiary/aromatic N) is 1. The molecule has 0 heterocycles. The fourth-order valence-electron chi connectivity index (χ4n) is 0.166. The van der Waals surface area contributed by atoms with Gasteiger partial charge in [0.15, 0.2) is 0 Å². The predicted octanol–water partition coefficient (Wildman–Crippen LogP) is 1.41. The van der Waals surface area contributed by atoms with Crippen LogP contribution in [0.4, 0.5) is 0 Å². The molecular formula is C5H9NO. The van der Waals surface area contributed by atoms with E-state index in [9.17, 15) is 0 Å². The molecule has 0 aromatic rings. The molecule has 7 heavy (non-hydrogen) atoms. The minimum Gasteiger partial charge on any atom is -0.411 e. The fraction of sp³-hybridized carbons (Fsp3) is 0.400. The Morgan fingerprint density at radius 1 is 1.71 bits per heavy atom. The summed E-state index contributed by atoms with van der Waals surface area (Å²) in [5.74, 6) is 0. The van der Waals surface area contributed by atoms with Crippen molar-refractivity contribution in [3.05, 3.63) is 11.6 Å². The average Bonchev–Trinajstić information content (AvgIpc) is 1.68. The van der Waals surface area contributed by atoms with Gasteiger partial charge in [-0.2, -0.15) is 0 Å². The maximum Gasteiger partial charge on any atom is 0.0687 e. The van der Waals surface area contributed by atoms with Crippen molar-refractivity contribution in [2.75, 3.05) is 0 Å². The monoisotopic (exact) mass is 99.1 g/mol. The molecular weight excluding hydrogens is 90.1 g/mol. The van der Waals surface area contributed by atoms with Crippen molar-refractivity contribution in [2.24, 2.45) is 5.16 Å². The first kappa shape index (κ1) is 6.21. The van der Waals surface area contributed by atoms with Crippen molar-refractivity contribution in [3.63, 3.8) is 0 Å². The summed E-state index contributed by atoms with van der Waals surface area (Å²) in [4.78, 5) is 0. The van der Waals surface area contributed by atoms with E-state index in [4.69, 9.17) is 5.21 Å². The van der Waals surface area contributed by atoms with Gasteiger partial charge in [-0.1, -0.05) is 11.2 Å². The molecule has 0 bridgehead atoms. The fourth-order valence-corrected chi connectivity index (χ4v) is 0.166. The lowest BCUT2D eigenvalue weighted by molar-refractivity contribution is 0.321. The molecule has 0 fully saturated rings. The smallest absolute Gasteiger partial charge is 0.0687 e. The zero-order chi connectivity index (χ0) is 5.70. The molecule has 0 unspecified atom stereocenters. The van der Waals surface area contributed by atoms with Crippen LogP contribution in [0.3, 0.4) is 0 Å². The number of allylic oxidation sites excluding steroid dienone is 2. The van der Waals surface area contributed by atoms with Crippen molar-refractivity contribution in [1.29, 1.82) is 0 Å². The molecule has 0 aromatic carbocycles. The van der Waals surface area contributed by atoms with Gasteiger partial charge in [-0.3, -0.25) is 0 Å². The summed E-state index contributed by atoms with van der Waals surface area (Å²) in [6.07, 6.45) is 3.25. The second-order valence-corrected chi connectivity index (χ2v) is 1.28. The summed E-state index contributed by atoms with van der Waals surface area (Å²) in [7, 11) is 0. The minimum absolute atomic E-state index is 0.961. The van der Waals surface area contributed by atoms with Crippen LogP contribution in [0.2, 0.25) is 0 Å². The maximum atomic E-state index is 7.90. The summed E-state index contributed by atoms with van der Waals surface area (Å²) < 4.78 is 0. The van der Waals surface area contributed by atoms with E-state index in [0.29, 0.717) is 0 Å². The Morgan fingerprint density at radius 3 is 2.43 bits per heavy atom. The van der Waals surface area contributed by atoms with Crippen LogP contribution in [0.15, 0.2) is 16.8 Å². The molecule has 0 rings (SSSR count). The van der Waals surface area contributed by atoms with Gasteiger partial charge in [0, 0.05) is 0 Å². The summed E-state index contributed by atoms with van der Waals surface area (Å²) in [5.41, 5.74) is 0.961. The molecule has 0 spiro atoms. The predicted molar refractivity (Wildman–Crippen MR) is 29.7 cm³/mol. The van der Waals surface area contributed by atoms with E-state index < -0.39 is 0 Å². The first-order valence-corrected chi connectivity index (χ1v) is 2.11. The van der Waals surface area contributed by atoms with Gasteiger partial charge in [0.25, 0.3) is 0 Å². The topological polar surface area (TPSA) is 32.6 Å². The third-order valence-corrected chi connectivity index (χ3v) is 0.717. The molecule has 0 saturated carbocycles. The summed E-state index contributed by atoms with van der Waals surface area (Å²) >= 11 is 0. The Bertz CT molecular complexity index is 94.3.